The molecule has 30 heavy (non-hydrogen) atoms. The quantitative estimate of drug-likeness (QED) is 0.539. The molecule has 2 aromatic rings. The number of hydrogen-bond acceptors (Lipinski definition) is 8. The summed E-state index contributed by atoms with van der Waals surface area (Å²) in [5.74, 6) is -2.09. The normalized spacial score (nSPS) is 12.2. The lowest BCUT2D eigenvalue weighted by Crippen LogP contribution is -2.33. The number of carboxylic acid groups (broad SMARTS) is 1. The average molecular weight is 436 g/mol. The highest BCUT2D eigenvalue weighted by molar-refractivity contribution is 7.91. The van der Waals surface area contributed by atoms with Crippen molar-refractivity contribution in [3.8, 4) is 11.4 Å². The molecule has 0 aliphatic rings. The summed E-state index contributed by atoms with van der Waals surface area (Å²) in [6.45, 7) is 5.16. The third-order valence-corrected chi connectivity index (χ3v) is 6.06. The van der Waals surface area contributed by atoms with E-state index < -0.39 is 27.8 Å². The number of nitrogens with one attached hydrogen (secondary N) is 1. The highest BCUT2D eigenvalue weighted by Gasteiger charge is 2.25. The van der Waals surface area contributed by atoms with E-state index in [2.05, 4.69) is 15.3 Å². The van der Waals surface area contributed by atoms with Crippen molar-refractivity contribution < 1.29 is 27.9 Å². The van der Waals surface area contributed by atoms with E-state index in [0.29, 0.717) is 11.4 Å². The number of benzene rings is 1. The molecule has 1 aromatic heterocycles. The molecular weight excluding hydrogens is 410 g/mol. The molecule has 1 aromatic carbocycles. The van der Waals surface area contributed by atoms with Crippen molar-refractivity contribution in [2.24, 2.45) is 0 Å². The van der Waals surface area contributed by atoms with Gasteiger partial charge >= 0.3 is 11.9 Å². The third-order valence-electron chi connectivity index (χ3n) is 4.33. The van der Waals surface area contributed by atoms with E-state index in [1.165, 1.54) is 13.1 Å². The van der Waals surface area contributed by atoms with Crippen LogP contribution in [0.4, 0.5) is 5.82 Å². The standard InChI is InChI=1S/C20H25N3O6S/c1-4-29-20(26)15-12-21-17(14-8-6-7-13(3)11-14)23-18(15)22-16(19(24)25)9-10-30(27,28)5-2/h6-8,11-12,16H,4-5,9-10H2,1-3H3,(H,24,25)(H,21,22,23). The molecule has 0 radical (unpaired) electrons. The second kappa shape index (κ2) is 10.1. The van der Waals surface area contributed by atoms with Crippen LogP contribution < -0.4 is 5.32 Å². The summed E-state index contributed by atoms with van der Waals surface area (Å²) >= 11 is 0. The smallest absolute Gasteiger partial charge is 0.343 e. The molecule has 0 amide bonds. The fraction of sp³-hybridized carbons (Fsp3) is 0.400. The number of anilines is 1. The molecule has 2 N–H and O–H groups in total. The lowest BCUT2D eigenvalue weighted by Gasteiger charge is -2.17. The van der Waals surface area contributed by atoms with Gasteiger partial charge < -0.3 is 15.2 Å². The Bertz CT molecular complexity index is 1020. The van der Waals surface area contributed by atoms with Crippen LogP contribution in [-0.4, -0.2) is 59.6 Å². The zero-order valence-corrected chi connectivity index (χ0v) is 17.9. The number of ether oxygens (including phenoxy) is 1. The number of aromatic nitrogens is 2. The maximum absolute atomic E-state index is 12.3. The molecule has 2 rings (SSSR count). The second-order valence-electron chi connectivity index (χ2n) is 6.61. The Morgan fingerprint density at radius 1 is 1.27 bits per heavy atom. The van der Waals surface area contributed by atoms with Crippen molar-refractivity contribution in [1.29, 1.82) is 0 Å². The number of sulfone groups is 1. The fourth-order valence-corrected chi connectivity index (χ4v) is 3.52. The van der Waals surface area contributed by atoms with Crippen LogP contribution in [0.3, 0.4) is 0 Å². The molecule has 162 valence electrons. The molecule has 0 aliphatic heterocycles. The summed E-state index contributed by atoms with van der Waals surface area (Å²) in [5.41, 5.74) is 1.64. The summed E-state index contributed by atoms with van der Waals surface area (Å²) in [7, 11) is -3.36. The first-order valence-electron chi connectivity index (χ1n) is 9.47. The Labute approximate surface area is 175 Å². The number of hydrogen-bond donors (Lipinski definition) is 2. The first kappa shape index (κ1) is 23.3. The van der Waals surface area contributed by atoms with Gasteiger partial charge in [-0.3, -0.25) is 0 Å². The van der Waals surface area contributed by atoms with Crippen molar-refractivity contribution in [2.75, 3.05) is 23.4 Å². The molecule has 0 fully saturated rings. The number of aryl methyl sites for hydroxylation is 1. The average Bonchev–Trinajstić information content (AvgIpc) is 2.71. The molecule has 1 unspecified atom stereocenters. The number of carboxylic acids is 1. The summed E-state index contributed by atoms with van der Waals surface area (Å²) in [6.07, 6.45) is 1.09. The minimum absolute atomic E-state index is 0.0266. The van der Waals surface area contributed by atoms with E-state index in [4.69, 9.17) is 4.74 Å². The van der Waals surface area contributed by atoms with Gasteiger partial charge in [0.25, 0.3) is 0 Å². The molecule has 0 aliphatic carbocycles. The van der Waals surface area contributed by atoms with Gasteiger partial charge in [-0.25, -0.2) is 28.0 Å². The minimum Gasteiger partial charge on any atom is -0.480 e. The maximum atomic E-state index is 12.3. The number of rotatable bonds is 10. The molecule has 0 bridgehead atoms. The summed E-state index contributed by atoms with van der Waals surface area (Å²) < 4.78 is 28.6. The molecule has 10 heteroatoms. The van der Waals surface area contributed by atoms with Crippen molar-refractivity contribution in [3.63, 3.8) is 0 Å². The van der Waals surface area contributed by atoms with Crippen molar-refractivity contribution in [2.45, 2.75) is 33.2 Å². The van der Waals surface area contributed by atoms with Crippen molar-refractivity contribution in [3.05, 3.63) is 41.6 Å². The van der Waals surface area contributed by atoms with Gasteiger partial charge in [0.1, 0.15) is 27.3 Å². The van der Waals surface area contributed by atoms with Crippen LogP contribution in [0.2, 0.25) is 0 Å². The number of aliphatic carboxylic acids is 1. The van der Waals surface area contributed by atoms with E-state index in [-0.39, 0.29) is 35.9 Å². The largest absolute Gasteiger partial charge is 0.480 e. The van der Waals surface area contributed by atoms with E-state index in [9.17, 15) is 23.1 Å². The van der Waals surface area contributed by atoms with Gasteiger partial charge in [0, 0.05) is 17.5 Å². The van der Waals surface area contributed by atoms with E-state index >= 15 is 0 Å². The fourth-order valence-electron chi connectivity index (χ4n) is 2.64. The van der Waals surface area contributed by atoms with E-state index in [1.807, 2.05) is 25.1 Å². The van der Waals surface area contributed by atoms with Gasteiger partial charge in [-0.15, -0.1) is 0 Å². The van der Waals surface area contributed by atoms with Crippen LogP contribution in [0, 0.1) is 6.92 Å². The predicted molar refractivity (Wildman–Crippen MR) is 112 cm³/mol. The molecule has 0 spiro atoms. The van der Waals surface area contributed by atoms with Crippen molar-refractivity contribution >= 4 is 27.6 Å². The van der Waals surface area contributed by atoms with E-state index in [0.717, 1.165) is 5.56 Å². The summed E-state index contributed by atoms with van der Waals surface area (Å²) in [5, 5.41) is 12.2. The van der Waals surface area contributed by atoms with E-state index in [1.54, 1.807) is 13.0 Å². The molecule has 1 atom stereocenters. The van der Waals surface area contributed by atoms with Crippen LogP contribution in [0.25, 0.3) is 11.4 Å². The Kier molecular flexibility index (Phi) is 7.87. The monoisotopic (exact) mass is 435 g/mol. The zero-order valence-electron chi connectivity index (χ0n) is 17.1. The summed E-state index contributed by atoms with van der Waals surface area (Å²) in [6, 6.07) is 6.12. The Hall–Kier alpha value is -3.01. The minimum atomic E-state index is -3.36. The van der Waals surface area contributed by atoms with Gasteiger partial charge in [-0.2, -0.15) is 0 Å². The zero-order chi connectivity index (χ0) is 22.3. The molecular formula is C20H25N3O6S. The van der Waals surface area contributed by atoms with Gasteiger partial charge in [0.05, 0.1) is 12.4 Å². The van der Waals surface area contributed by atoms with Crippen LogP contribution in [0.5, 0.6) is 0 Å². The summed E-state index contributed by atoms with van der Waals surface area (Å²) in [4.78, 5) is 32.5. The predicted octanol–water partition coefficient (Wildman–Crippen LogP) is 2.32. The van der Waals surface area contributed by atoms with Crippen LogP contribution in [0.1, 0.15) is 36.2 Å². The van der Waals surface area contributed by atoms with Crippen molar-refractivity contribution in [1.82, 2.24) is 9.97 Å². The number of nitrogens with zero attached hydrogens (tertiary/aromatic N) is 2. The molecule has 0 saturated heterocycles. The highest BCUT2D eigenvalue weighted by Crippen LogP contribution is 2.22. The maximum Gasteiger partial charge on any atom is 0.343 e. The molecule has 1 heterocycles. The Balaban J connectivity index is 2.43. The van der Waals surface area contributed by atoms with Crippen LogP contribution in [-0.2, 0) is 19.4 Å². The van der Waals surface area contributed by atoms with Crippen LogP contribution in [0.15, 0.2) is 30.5 Å². The first-order valence-corrected chi connectivity index (χ1v) is 11.3. The lowest BCUT2D eigenvalue weighted by molar-refractivity contribution is -0.137. The topological polar surface area (TPSA) is 136 Å². The number of esters is 1. The second-order valence-corrected chi connectivity index (χ2v) is 9.08. The third kappa shape index (κ3) is 6.24. The van der Waals surface area contributed by atoms with Gasteiger partial charge in [-0.1, -0.05) is 30.7 Å². The number of carbonyl (C=O) groups excluding carboxylic acids is 1. The Morgan fingerprint density at radius 2 is 2.00 bits per heavy atom. The first-order chi connectivity index (χ1) is 14.2. The Morgan fingerprint density at radius 3 is 2.60 bits per heavy atom. The molecule has 0 saturated carbocycles. The van der Waals surface area contributed by atoms with Gasteiger partial charge in [-0.05, 0) is 26.3 Å². The van der Waals surface area contributed by atoms with Crippen LogP contribution >= 0.6 is 0 Å². The molecule has 9 nitrogen and oxygen atoms in total. The SMILES string of the molecule is CCOC(=O)c1cnc(-c2cccc(C)c2)nc1NC(CCS(=O)(=O)CC)C(=O)O. The van der Waals surface area contributed by atoms with Gasteiger partial charge in [0.2, 0.25) is 0 Å². The number of carbonyl (C=O) groups is 2. The highest BCUT2D eigenvalue weighted by atomic mass is 32.2. The van der Waals surface area contributed by atoms with Gasteiger partial charge in [0.15, 0.2) is 5.82 Å². The lowest BCUT2D eigenvalue weighted by atomic mass is 10.1.